The van der Waals surface area contributed by atoms with Crippen molar-refractivity contribution in [3.63, 3.8) is 0 Å². The third-order valence-corrected chi connectivity index (χ3v) is 4.20. The van der Waals surface area contributed by atoms with Crippen LogP contribution in [0, 0.1) is 0 Å². The highest BCUT2D eigenvalue weighted by Crippen LogP contribution is 2.29. The average Bonchev–Trinajstić information content (AvgIpc) is 2.76. The normalized spacial score (nSPS) is 10.8. The van der Waals surface area contributed by atoms with Crippen LogP contribution in [0.2, 0.25) is 0 Å². The molecule has 0 aliphatic heterocycles. The summed E-state index contributed by atoms with van der Waals surface area (Å²) < 4.78 is 39.4. The number of carbonyl (C=O) groups excluding carboxylic acids is 2. The molecule has 2 rings (SSSR count). The number of halogens is 2. The molecule has 0 aliphatic carbocycles. The van der Waals surface area contributed by atoms with Gasteiger partial charge < -0.3 is 24.4 Å². The van der Waals surface area contributed by atoms with Gasteiger partial charge in [-0.1, -0.05) is 12.1 Å². The molecule has 0 atom stereocenters. The quantitative estimate of drug-likeness (QED) is 0.576. The van der Waals surface area contributed by atoms with Gasteiger partial charge in [-0.3, -0.25) is 9.59 Å². The van der Waals surface area contributed by atoms with Crippen LogP contribution in [-0.2, 0) is 9.59 Å². The molecule has 0 bridgehead atoms. The second-order valence-electron chi connectivity index (χ2n) is 6.25. The van der Waals surface area contributed by atoms with Gasteiger partial charge in [-0.2, -0.15) is 8.78 Å². The molecular formula is C22H24F2N2O5. The number of anilines is 1. The second kappa shape index (κ2) is 11.5. The van der Waals surface area contributed by atoms with Crippen LogP contribution in [0.25, 0.3) is 6.08 Å². The molecule has 0 saturated carbocycles. The number of ether oxygens (including phenoxy) is 3. The number of alkyl halides is 2. The van der Waals surface area contributed by atoms with Crippen LogP contribution in [0.15, 0.2) is 48.5 Å². The minimum absolute atomic E-state index is 0.106. The number of likely N-dealkylation sites (N-methyl/N-ethyl adjacent to an activating group) is 1. The van der Waals surface area contributed by atoms with Crippen molar-refractivity contribution < 1.29 is 32.6 Å². The van der Waals surface area contributed by atoms with Crippen LogP contribution in [0.5, 0.6) is 17.2 Å². The topological polar surface area (TPSA) is 77.1 Å². The Labute approximate surface area is 179 Å². The fourth-order valence-electron chi connectivity index (χ4n) is 2.67. The number of methoxy groups -OCH3 is 2. The van der Waals surface area contributed by atoms with E-state index in [0.717, 1.165) is 0 Å². The summed E-state index contributed by atoms with van der Waals surface area (Å²) in [6.45, 7) is -1.04. The number of hydrogen-bond acceptors (Lipinski definition) is 5. The Hall–Kier alpha value is -3.62. The van der Waals surface area contributed by atoms with Crippen molar-refractivity contribution in [3.8, 4) is 17.2 Å². The molecule has 0 heterocycles. The highest BCUT2D eigenvalue weighted by Gasteiger charge is 2.14. The summed E-state index contributed by atoms with van der Waals surface area (Å²) in [5.41, 5.74) is 1.10. The molecule has 0 saturated heterocycles. The van der Waals surface area contributed by atoms with Crippen molar-refractivity contribution in [3.05, 3.63) is 54.1 Å². The van der Waals surface area contributed by atoms with E-state index in [1.807, 2.05) is 0 Å². The van der Waals surface area contributed by atoms with Gasteiger partial charge in [0.1, 0.15) is 12.3 Å². The molecule has 2 aromatic rings. The lowest BCUT2D eigenvalue weighted by Crippen LogP contribution is -2.36. The SMILES string of the molecule is CCN(CC(=O)Nc1cccc(OC)c1)C(=O)/C=C/c1ccc(OC(F)F)c(OC)c1. The van der Waals surface area contributed by atoms with Crippen LogP contribution in [-0.4, -0.2) is 50.6 Å². The van der Waals surface area contributed by atoms with Gasteiger partial charge in [0.05, 0.1) is 14.2 Å². The van der Waals surface area contributed by atoms with Gasteiger partial charge in [-0.05, 0) is 42.8 Å². The zero-order valence-corrected chi connectivity index (χ0v) is 17.4. The summed E-state index contributed by atoms with van der Waals surface area (Å²) >= 11 is 0. The van der Waals surface area contributed by atoms with Crippen molar-refractivity contribution in [1.29, 1.82) is 0 Å². The molecular weight excluding hydrogens is 410 g/mol. The largest absolute Gasteiger partial charge is 0.497 e. The molecule has 166 valence electrons. The zero-order valence-electron chi connectivity index (χ0n) is 17.4. The van der Waals surface area contributed by atoms with Crippen molar-refractivity contribution in [2.24, 2.45) is 0 Å². The zero-order chi connectivity index (χ0) is 22.8. The second-order valence-corrected chi connectivity index (χ2v) is 6.25. The van der Waals surface area contributed by atoms with E-state index in [9.17, 15) is 18.4 Å². The van der Waals surface area contributed by atoms with Crippen molar-refractivity contribution in [2.75, 3.05) is 32.6 Å². The van der Waals surface area contributed by atoms with Crippen LogP contribution >= 0.6 is 0 Å². The summed E-state index contributed by atoms with van der Waals surface area (Å²) in [4.78, 5) is 26.2. The Morgan fingerprint density at radius 1 is 1.10 bits per heavy atom. The average molecular weight is 434 g/mol. The molecule has 0 unspecified atom stereocenters. The minimum atomic E-state index is -2.97. The van der Waals surface area contributed by atoms with E-state index in [2.05, 4.69) is 10.1 Å². The maximum Gasteiger partial charge on any atom is 0.387 e. The van der Waals surface area contributed by atoms with Crippen molar-refractivity contribution in [2.45, 2.75) is 13.5 Å². The predicted molar refractivity (Wildman–Crippen MR) is 113 cm³/mol. The number of rotatable bonds is 10. The van der Waals surface area contributed by atoms with Crippen molar-refractivity contribution >= 4 is 23.6 Å². The molecule has 2 aromatic carbocycles. The maximum atomic E-state index is 12.5. The number of hydrogen-bond donors (Lipinski definition) is 1. The number of nitrogens with one attached hydrogen (secondary N) is 1. The van der Waals surface area contributed by atoms with E-state index < -0.39 is 6.61 Å². The van der Waals surface area contributed by atoms with Gasteiger partial charge in [0.2, 0.25) is 11.8 Å². The van der Waals surface area contributed by atoms with Crippen LogP contribution in [0.3, 0.4) is 0 Å². The molecule has 0 spiro atoms. The summed E-state index contributed by atoms with van der Waals surface area (Å²) in [5.74, 6) is -0.128. The Balaban J connectivity index is 2.01. The number of amides is 2. The monoisotopic (exact) mass is 434 g/mol. The Bertz CT molecular complexity index is 934. The molecule has 9 heteroatoms. The molecule has 0 radical (unpaired) electrons. The molecule has 0 aromatic heterocycles. The highest BCUT2D eigenvalue weighted by molar-refractivity contribution is 5.98. The lowest BCUT2D eigenvalue weighted by Gasteiger charge is -2.18. The highest BCUT2D eigenvalue weighted by atomic mass is 19.3. The van der Waals surface area contributed by atoms with E-state index in [1.54, 1.807) is 31.2 Å². The van der Waals surface area contributed by atoms with Gasteiger partial charge in [0.25, 0.3) is 0 Å². The molecule has 2 amide bonds. The number of carbonyl (C=O) groups is 2. The number of nitrogens with zero attached hydrogens (tertiary/aromatic N) is 1. The van der Waals surface area contributed by atoms with E-state index in [-0.39, 0.29) is 29.9 Å². The smallest absolute Gasteiger partial charge is 0.387 e. The minimum Gasteiger partial charge on any atom is -0.497 e. The summed E-state index contributed by atoms with van der Waals surface area (Å²) in [7, 11) is 2.85. The van der Waals surface area contributed by atoms with Crippen LogP contribution < -0.4 is 19.5 Å². The fourth-order valence-corrected chi connectivity index (χ4v) is 2.67. The van der Waals surface area contributed by atoms with Gasteiger partial charge in [0, 0.05) is 24.4 Å². The van der Waals surface area contributed by atoms with E-state index in [4.69, 9.17) is 9.47 Å². The first-order chi connectivity index (χ1) is 14.9. The molecule has 7 nitrogen and oxygen atoms in total. The molecule has 0 aliphatic rings. The molecule has 1 N–H and O–H groups in total. The first-order valence-electron chi connectivity index (χ1n) is 9.40. The third-order valence-electron chi connectivity index (χ3n) is 4.20. The lowest BCUT2D eigenvalue weighted by molar-refractivity contribution is -0.130. The first-order valence-corrected chi connectivity index (χ1v) is 9.40. The number of benzene rings is 2. The van der Waals surface area contributed by atoms with Crippen LogP contribution in [0.4, 0.5) is 14.5 Å². The van der Waals surface area contributed by atoms with Gasteiger partial charge in [-0.15, -0.1) is 0 Å². The van der Waals surface area contributed by atoms with Gasteiger partial charge in [0.15, 0.2) is 11.5 Å². The Morgan fingerprint density at radius 3 is 2.52 bits per heavy atom. The Morgan fingerprint density at radius 2 is 1.87 bits per heavy atom. The first kappa shape index (κ1) is 23.7. The van der Waals surface area contributed by atoms with E-state index in [0.29, 0.717) is 23.5 Å². The summed E-state index contributed by atoms with van der Waals surface area (Å²) in [6.07, 6.45) is 2.80. The molecule has 0 fully saturated rings. The lowest BCUT2D eigenvalue weighted by atomic mass is 10.2. The Kier molecular flexibility index (Phi) is 8.80. The van der Waals surface area contributed by atoms with Gasteiger partial charge >= 0.3 is 6.61 Å². The summed E-state index contributed by atoms with van der Waals surface area (Å²) in [6, 6.07) is 11.2. The van der Waals surface area contributed by atoms with E-state index >= 15 is 0 Å². The third kappa shape index (κ3) is 7.29. The van der Waals surface area contributed by atoms with Crippen molar-refractivity contribution in [1.82, 2.24) is 4.90 Å². The standard InChI is InChI=1S/C22H24F2N2O5/c1-4-26(14-20(27)25-16-6-5-7-17(13-16)29-2)21(28)11-9-15-8-10-18(31-22(23)24)19(12-15)30-3/h5-13,22H,4,14H2,1-3H3,(H,25,27)/b11-9+. The van der Waals surface area contributed by atoms with E-state index in [1.165, 1.54) is 49.5 Å². The fraction of sp³-hybridized carbons (Fsp3) is 0.273. The predicted octanol–water partition coefficient (Wildman–Crippen LogP) is 3.81. The molecule has 31 heavy (non-hydrogen) atoms. The summed E-state index contributed by atoms with van der Waals surface area (Å²) in [5, 5.41) is 2.72. The van der Waals surface area contributed by atoms with Gasteiger partial charge in [-0.25, -0.2) is 0 Å². The maximum absolute atomic E-state index is 12.5. The van der Waals surface area contributed by atoms with Crippen LogP contribution in [0.1, 0.15) is 12.5 Å².